The molecule has 0 heterocycles. The van der Waals surface area contributed by atoms with Crippen LogP contribution in [-0.4, -0.2) is 30.9 Å². The fourth-order valence-electron chi connectivity index (χ4n) is 2.79. The molecule has 1 saturated carbocycles. The smallest absolute Gasteiger partial charge is 0.256 e. The van der Waals surface area contributed by atoms with Crippen LogP contribution in [0.3, 0.4) is 0 Å². The van der Waals surface area contributed by atoms with E-state index in [9.17, 15) is 9.18 Å². The van der Waals surface area contributed by atoms with E-state index in [1.807, 2.05) is 0 Å². The first kappa shape index (κ1) is 15.5. The van der Waals surface area contributed by atoms with E-state index in [1.54, 1.807) is 18.0 Å². The average Bonchev–Trinajstić information content (AvgIpc) is 2.97. The van der Waals surface area contributed by atoms with E-state index in [4.69, 9.17) is 5.73 Å². The van der Waals surface area contributed by atoms with Gasteiger partial charge in [0.1, 0.15) is 5.82 Å². The van der Waals surface area contributed by atoms with E-state index in [0.29, 0.717) is 18.0 Å². The van der Waals surface area contributed by atoms with Crippen LogP contribution >= 0.6 is 0 Å². The second-order valence-corrected chi connectivity index (χ2v) is 5.54. The van der Waals surface area contributed by atoms with Gasteiger partial charge in [0.05, 0.1) is 12.1 Å². The summed E-state index contributed by atoms with van der Waals surface area (Å²) in [4.78, 5) is 13.9. The summed E-state index contributed by atoms with van der Waals surface area (Å²) in [6.45, 7) is 0.930. The molecular weight excluding hydrogens is 267 g/mol. The number of carbonyl (C=O) groups is 1. The van der Waals surface area contributed by atoms with Crippen LogP contribution in [0.1, 0.15) is 41.6 Å². The van der Waals surface area contributed by atoms with E-state index in [-0.39, 0.29) is 18.0 Å². The summed E-state index contributed by atoms with van der Waals surface area (Å²) in [5, 5.41) is 0. The monoisotopic (exact) mass is 288 g/mol. The van der Waals surface area contributed by atoms with Gasteiger partial charge in [0.15, 0.2) is 0 Å². The molecule has 2 rings (SSSR count). The fourth-order valence-corrected chi connectivity index (χ4v) is 2.79. The molecule has 4 heteroatoms. The third-order valence-electron chi connectivity index (χ3n) is 3.89. The second-order valence-electron chi connectivity index (χ2n) is 5.54. The molecule has 0 bridgehead atoms. The average molecular weight is 288 g/mol. The van der Waals surface area contributed by atoms with E-state index >= 15 is 0 Å². The summed E-state index contributed by atoms with van der Waals surface area (Å²) in [5.41, 5.74) is 5.92. The Labute approximate surface area is 125 Å². The zero-order chi connectivity index (χ0) is 15.2. The molecule has 0 radical (unpaired) electrons. The lowest BCUT2D eigenvalue weighted by Crippen LogP contribution is -2.31. The molecule has 2 N–H and O–H groups in total. The molecule has 0 aromatic heterocycles. The maximum absolute atomic E-state index is 14.1. The van der Waals surface area contributed by atoms with Crippen molar-refractivity contribution in [3.8, 4) is 11.8 Å². The van der Waals surface area contributed by atoms with E-state index in [1.165, 1.54) is 25.0 Å². The first-order valence-corrected chi connectivity index (χ1v) is 7.35. The number of halogens is 1. The van der Waals surface area contributed by atoms with Crippen LogP contribution in [-0.2, 0) is 0 Å². The molecule has 112 valence electrons. The van der Waals surface area contributed by atoms with E-state index < -0.39 is 5.82 Å². The standard InChI is InChI=1S/C17H21FN2O/c1-20(12-14-5-2-3-6-14)17(21)15-9-8-13(7-4-10-19)11-16(15)18/h8-9,11,14H,2-3,5-6,10,12,19H2,1H3. The van der Waals surface area contributed by atoms with Crippen LogP contribution in [0.25, 0.3) is 0 Å². The summed E-state index contributed by atoms with van der Waals surface area (Å²) >= 11 is 0. The minimum atomic E-state index is -0.526. The zero-order valence-corrected chi connectivity index (χ0v) is 12.4. The van der Waals surface area contributed by atoms with Crippen molar-refractivity contribution in [1.29, 1.82) is 0 Å². The Kier molecular flexibility index (Phi) is 5.35. The topological polar surface area (TPSA) is 46.3 Å². The summed E-state index contributed by atoms with van der Waals surface area (Å²) in [7, 11) is 1.74. The number of rotatable bonds is 3. The Morgan fingerprint density at radius 1 is 1.43 bits per heavy atom. The molecule has 0 saturated heterocycles. The number of hydrogen-bond donors (Lipinski definition) is 1. The molecule has 1 aromatic carbocycles. The van der Waals surface area contributed by atoms with Gasteiger partial charge in [-0.1, -0.05) is 24.7 Å². The molecule has 1 aliphatic carbocycles. The molecule has 0 atom stereocenters. The third-order valence-corrected chi connectivity index (χ3v) is 3.89. The van der Waals surface area contributed by atoms with Crippen molar-refractivity contribution in [1.82, 2.24) is 4.90 Å². The van der Waals surface area contributed by atoms with Crippen LogP contribution in [0, 0.1) is 23.6 Å². The first-order valence-electron chi connectivity index (χ1n) is 7.35. The molecule has 3 nitrogen and oxygen atoms in total. The normalized spacial score (nSPS) is 14.6. The van der Waals surface area contributed by atoms with E-state index in [0.717, 1.165) is 12.8 Å². The minimum absolute atomic E-state index is 0.105. The highest BCUT2D eigenvalue weighted by Gasteiger charge is 2.21. The lowest BCUT2D eigenvalue weighted by Gasteiger charge is -2.21. The molecule has 0 aliphatic heterocycles. The molecule has 0 unspecified atom stereocenters. The first-order chi connectivity index (χ1) is 10.1. The molecule has 0 spiro atoms. The molecule has 1 amide bonds. The van der Waals surface area contributed by atoms with Crippen molar-refractivity contribution < 1.29 is 9.18 Å². The van der Waals surface area contributed by atoms with Crippen molar-refractivity contribution >= 4 is 5.91 Å². The predicted molar refractivity (Wildman–Crippen MR) is 81.3 cm³/mol. The summed E-state index contributed by atoms with van der Waals surface area (Å²) in [6.07, 6.45) is 4.78. The maximum Gasteiger partial charge on any atom is 0.256 e. The number of hydrogen-bond acceptors (Lipinski definition) is 2. The third kappa shape index (κ3) is 4.05. The molecule has 21 heavy (non-hydrogen) atoms. The molecule has 1 fully saturated rings. The highest BCUT2D eigenvalue weighted by Crippen LogP contribution is 2.25. The molecule has 1 aromatic rings. The number of benzene rings is 1. The molecular formula is C17H21FN2O. The van der Waals surface area contributed by atoms with Gasteiger partial charge in [-0.3, -0.25) is 4.79 Å². The minimum Gasteiger partial charge on any atom is -0.341 e. The number of amides is 1. The van der Waals surface area contributed by atoms with Crippen LogP contribution in [0.5, 0.6) is 0 Å². The number of carbonyl (C=O) groups excluding carboxylic acids is 1. The van der Waals surface area contributed by atoms with Gasteiger partial charge in [-0.25, -0.2) is 4.39 Å². The Hall–Kier alpha value is -1.86. The van der Waals surface area contributed by atoms with Gasteiger partial charge in [-0.05, 0) is 37.0 Å². The second kappa shape index (κ2) is 7.24. The lowest BCUT2D eigenvalue weighted by atomic mass is 10.1. The van der Waals surface area contributed by atoms with E-state index in [2.05, 4.69) is 11.8 Å². The van der Waals surface area contributed by atoms with Crippen molar-refractivity contribution in [2.24, 2.45) is 11.7 Å². The quantitative estimate of drug-likeness (QED) is 0.868. The van der Waals surface area contributed by atoms with Gasteiger partial charge in [-0.15, -0.1) is 0 Å². The summed E-state index contributed by atoms with van der Waals surface area (Å²) in [6, 6.07) is 4.45. The number of nitrogens with zero attached hydrogens (tertiary/aromatic N) is 1. The Morgan fingerprint density at radius 2 is 2.14 bits per heavy atom. The van der Waals surface area contributed by atoms with Crippen LogP contribution in [0.15, 0.2) is 18.2 Å². The van der Waals surface area contributed by atoms with Crippen molar-refractivity contribution in [3.63, 3.8) is 0 Å². The highest BCUT2D eigenvalue weighted by atomic mass is 19.1. The zero-order valence-electron chi connectivity index (χ0n) is 12.4. The van der Waals surface area contributed by atoms with Gasteiger partial charge < -0.3 is 10.6 Å². The van der Waals surface area contributed by atoms with Gasteiger partial charge in [0, 0.05) is 19.2 Å². The number of nitrogens with two attached hydrogens (primary N) is 1. The summed E-state index contributed by atoms with van der Waals surface area (Å²) < 4.78 is 14.1. The SMILES string of the molecule is CN(CC1CCCC1)C(=O)c1ccc(C#CCN)cc1F. The summed E-state index contributed by atoms with van der Waals surface area (Å²) in [5.74, 6) is 5.19. The highest BCUT2D eigenvalue weighted by molar-refractivity contribution is 5.94. The van der Waals surface area contributed by atoms with Crippen LogP contribution < -0.4 is 5.73 Å². The Morgan fingerprint density at radius 3 is 2.76 bits per heavy atom. The largest absolute Gasteiger partial charge is 0.341 e. The fraction of sp³-hybridized carbons (Fsp3) is 0.471. The predicted octanol–water partition coefficient (Wildman–Crippen LogP) is 2.40. The van der Waals surface area contributed by atoms with Gasteiger partial charge in [-0.2, -0.15) is 0 Å². The van der Waals surface area contributed by atoms with Crippen LogP contribution in [0.4, 0.5) is 4.39 Å². The van der Waals surface area contributed by atoms with Crippen LogP contribution in [0.2, 0.25) is 0 Å². The maximum atomic E-state index is 14.1. The van der Waals surface area contributed by atoms with Gasteiger partial charge >= 0.3 is 0 Å². The van der Waals surface area contributed by atoms with Gasteiger partial charge in [0.25, 0.3) is 5.91 Å². The van der Waals surface area contributed by atoms with Gasteiger partial charge in [0.2, 0.25) is 0 Å². The Bertz CT molecular complexity index is 568. The van der Waals surface area contributed by atoms with Crippen molar-refractivity contribution in [3.05, 3.63) is 35.1 Å². The van der Waals surface area contributed by atoms with Crippen molar-refractivity contribution in [2.75, 3.05) is 20.1 Å². The lowest BCUT2D eigenvalue weighted by molar-refractivity contribution is 0.0768. The Balaban J connectivity index is 2.07. The van der Waals surface area contributed by atoms with Crippen molar-refractivity contribution in [2.45, 2.75) is 25.7 Å². The molecule has 1 aliphatic rings.